The number of allylic oxidation sites excluding steroid dienone is 1. The predicted molar refractivity (Wildman–Crippen MR) is 173 cm³/mol. The molecule has 3 N–H and O–H groups in total. The molecule has 0 radical (unpaired) electrons. The Hall–Kier alpha value is -2.46. The second-order valence-electron chi connectivity index (χ2n) is 13.2. The average molecular weight is 701 g/mol. The lowest BCUT2D eigenvalue weighted by Gasteiger charge is -2.46. The summed E-state index contributed by atoms with van der Waals surface area (Å²) in [6.07, 6.45) is -5.42. The van der Waals surface area contributed by atoms with Crippen molar-refractivity contribution in [2.45, 2.75) is 179 Å². The number of aliphatic hydroxyl groups excluding tert-OH is 3. The molecule has 0 aromatic rings. The zero-order valence-electron chi connectivity index (χ0n) is 29.5. The summed E-state index contributed by atoms with van der Waals surface area (Å²) in [4.78, 5) is 50.1. The van der Waals surface area contributed by atoms with Crippen molar-refractivity contribution >= 4 is 23.7 Å². The number of fused-ring (bicyclic) bond motifs is 3. The van der Waals surface area contributed by atoms with Crippen LogP contribution in [0.25, 0.3) is 0 Å². The third-order valence-corrected chi connectivity index (χ3v) is 9.20. The summed E-state index contributed by atoms with van der Waals surface area (Å²) in [7, 11) is 0. The second kappa shape index (κ2) is 20.4. The largest absolute Gasteiger partial charge is 0.457 e. The molecule has 3 fully saturated rings. The monoisotopic (exact) mass is 700 g/mol. The number of carbonyl (C=O) groups excluding carboxylic acids is 4. The highest BCUT2D eigenvalue weighted by molar-refractivity contribution is 5.87. The maximum absolute atomic E-state index is 12.9. The molecule has 0 spiro atoms. The van der Waals surface area contributed by atoms with E-state index in [0.29, 0.717) is 12.8 Å². The van der Waals surface area contributed by atoms with Crippen molar-refractivity contribution in [1.82, 2.24) is 0 Å². The van der Waals surface area contributed by atoms with Gasteiger partial charge in [0.1, 0.15) is 30.2 Å². The Bertz CT molecular complexity index is 1110. The molecule has 0 aliphatic carbocycles. The molecule has 0 amide bonds. The van der Waals surface area contributed by atoms with E-state index in [0.717, 1.165) is 58.3 Å². The first-order chi connectivity index (χ1) is 23.4. The van der Waals surface area contributed by atoms with Crippen LogP contribution < -0.4 is 0 Å². The van der Waals surface area contributed by atoms with Gasteiger partial charge in [0.15, 0.2) is 24.6 Å². The van der Waals surface area contributed by atoms with E-state index in [1.54, 1.807) is 6.92 Å². The molecule has 2 bridgehead atoms. The Morgan fingerprint density at radius 2 is 1.59 bits per heavy atom. The van der Waals surface area contributed by atoms with E-state index in [9.17, 15) is 34.5 Å². The van der Waals surface area contributed by atoms with Gasteiger partial charge in [-0.2, -0.15) is 0 Å². The predicted octanol–water partition coefficient (Wildman–Crippen LogP) is 2.95. The molecule has 0 aromatic heterocycles. The Morgan fingerprint density at radius 3 is 2.29 bits per heavy atom. The quantitative estimate of drug-likeness (QED) is 0.152. The zero-order valence-corrected chi connectivity index (χ0v) is 29.5. The zero-order chi connectivity index (χ0) is 36.1. The SMILES string of the molecule is C/C=C(/C)C(=O)O[C@@H]1[C@@H](O)[C@@H]2O[C@H]3[C@H](OC(=O)CCC(=O)CCCCCC[C@H](CCCCC)OC[C@@H](O2)[C@H]1O)O[C@H](C)[C@H](OC(C)=O)[C@@H]3O. The van der Waals surface area contributed by atoms with Crippen LogP contribution in [0.5, 0.6) is 0 Å². The molecule has 0 saturated carbocycles. The van der Waals surface area contributed by atoms with Gasteiger partial charge in [-0.05, 0) is 40.0 Å². The number of hydrogen-bond acceptors (Lipinski definition) is 14. The molecule has 280 valence electrons. The molecule has 14 nitrogen and oxygen atoms in total. The fourth-order valence-electron chi connectivity index (χ4n) is 6.14. The van der Waals surface area contributed by atoms with Crippen molar-refractivity contribution in [2.24, 2.45) is 0 Å². The Kier molecular flexibility index (Phi) is 17.1. The molecule has 0 unspecified atom stereocenters. The first-order valence-corrected chi connectivity index (χ1v) is 17.7. The summed E-state index contributed by atoms with van der Waals surface area (Å²) in [5, 5.41) is 34.1. The number of hydrogen-bond donors (Lipinski definition) is 3. The number of aliphatic hydroxyl groups is 3. The van der Waals surface area contributed by atoms with Gasteiger partial charge in [-0.15, -0.1) is 0 Å². The number of rotatable bonds is 7. The highest BCUT2D eigenvalue weighted by atomic mass is 16.8. The van der Waals surface area contributed by atoms with E-state index in [1.165, 1.54) is 19.9 Å². The minimum atomic E-state index is -1.79. The van der Waals surface area contributed by atoms with Crippen molar-refractivity contribution in [1.29, 1.82) is 0 Å². The third kappa shape index (κ3) is 12.4. The lowest BCUT2D eigenvalue weighted by Crippen LogP contribution is -2.65. The number of Topliss-reactive ketones (excluding diaryl/α,β-unsaturated/α-hetero) is 1. The lowest BCUT2D eigenvalue weighted by molar-refractivity contribution is -0.361. The number of carbonyl (C=O) groups is 4. The van der Waals surface area contributed by atoms with E-state index >= 15 is 0 Å². The standard InChI is InChI=1S/C35H56O14/c1-6-8-11-15-24-16-13-10-9-12-14-23(37)17-18-26(38)47-35-32(28(40)30(21(4)44-35)45-22(5)36)49-34-29(41)31(48-33(42)20(3)7-2)27(39)25(46-34)19-43-24/h7,21,24-25,27-32,34-35,39-41H,6,8-19H2,1-5H3/b20-7-/t21-,24+,25-,27-,28+,29-,30+,31+,32-,34+,35+/m1/s1. The smallest absolute Gasteiger partial charge is 0.333 e. The molecule has 11 atom stereocenters. The van der Waals surface area contributed by atoms with Gasteiger partial charge >= 0.3 is 17.9 Å². The summed E-state index contributed by atoms with van der Waals surface area (Å²) in [5.41, 5.74) is 0.236. The first-order valence-electron chi connectivity index (χ1n) is 17.7. The van der Waals surface area contributed by atoms with Crippen molar-refractivity contribution in [2.75, 3.05) is 6.61 Å². The second-order valence-corrected chi connectivity index (χ2v) is 13.2. The van der Waals surface area contributed by atoms with Crippen LogP contribution in [0.1, 0.15) is 112 Å². The van der Waals surface area contributed by atoms with Gasteiger partial charge in [-0.25, -0.2) is 4.79 Å². The minimum Gasteiger partial charge on any atom is -0.457 e. The normalized spacial score (nSPS) is 36.2. The Morgan fingerprint density at radius 1 is 0.857 bits per heavy atom. The van der Waals surface area contributed by atoms with Crippen LogP contribution in [-0.4, -0.2) is 113 Å². The topological polar surface area (TPSA) is 194 Å². The van der Waals surface area contributed by atoms with Gasteiger partial charge in [0.25, 0.3) is 0 Å². The Balaban J connectivity index is 1.96. The number of esters is 3. The molecule has 3 aliphatic heterocycles. The van der Waals surface area contributed by atoms with Gasteiger partial charge in [-0.1, -0.05) is 51.5 Å². The van der Waals surface area contributed by atoms with Crippen LogP contribution in [0.2, 0.25) is 0 Å². The van der Waals surface area contributed by atoms with Crippen LogP contribution in [0.3, 0.4) is 0 Å². The van der Waals surface area contributed by atoms with Gasteiger partial charge in [-0.3, -0.25) is 14.4 Å². The summed E-state index contributed by atoms with van der Waals surface area (Å²) >= 11 is 0. The molecule has 3 heterocycles. The fraction of sp³-hybridized carbons (Fsp3) is 0.829. The third-order valence-electron chi connectivity index (χ3n) is 9.20. The lowest BCUT2D eigenvalue weighted by atomic mass is 9.97. The van der Waals surface area contributed by atoms with Crippen molar-refractivity contribution < 1.29 is 67.7 Å². The van der Waals surface area contributed by atoms with E-state index < -0.39 is 79.3 Å². The molecule has 3 saturated heterocycles. The fourth-order valence-corrected chi connectivity index (χ4v) is 6.14. The highest BCUT2D eigenvalue weighted by Crippen LogP contribution is 2.33. The molecule has 0 aromatic carbocycles. The number of ether oxygens (including phenoxy) is 7. The van der Waals surface area contributed by atoms with Crippen LogP contribution in [-0.2, 0) is 52.3 Å². The minimum absolute atomic E-state index is 0.0404. The van der Waals surface area contributed by atoms with Crippen LogP contribution >= 0.6 is 0 Å². The van der Waals surface area contributed by atoms with E-state index in [4.69, 9.17) is 33.2 Å². The molecule has 49 heavy (non-hydrogen) atoms. The number of unbranched alkanes of at least 4 members (excludes halogenated alkanes) is 2. The van der Waals surface area contributed by atoms with Gasteiger partial charge in [0, 0.05) is 25.3 Å². The van der Waals surface area contributed by atoms with Gasteiger partial charge < -0.3 is 48.5 Å². The first kappa shape index (κ1) is 41.0. The maximum atomic E-state index is 12.9. The summed E-state index contributed by atoms with van der Waals surface area (Å²) in [6, 6.07) is 0. The Labute approximate surface area is 288 Å². The molecule has 14 heteroatoms. The van der Waals surface area contributed by atoms with Crippen molar-refractivity contribution in [3.63, 3.8) is 0 Å². The maximum Gasteiger partial charge on any atom is 0.333 e. The van der Waals surface area contributed by atoms with E-state index in [2.05, 4.69) is 6.92 Å². The molecule has 3 aliphatic rings. The van der Waals surface area contributed by atoms with Crippen LogP contribution in [0.4, 0.5) is 0 Å². The van der Waals surface area contributed by atoms with Crippen molar-refractivity contribution in [3.8, 4) is 0 Å². The summed E-state index contributed by atoms with van der Waals surface area (Å²) in [6.45, 7) is 7.80. The average Bonchev–Trinajstić information content (AvgIpc) is 3.06. The van der Waals surface area contributed by atoms with Gasteiger partial charge in [0.05, 0.1) is 25.2 Å². The van der Waals surface area contributed by atoms with E-state index in [-0.39, 0.29) is 36.9 Å². The van der Waals surface area contributed by atoms with Crippen molar-refractivity contribution in [3.05, 3.63) is 11.6 Å². The summed E-state index contributed by atoms with van der Waals surface area (Å²) in [5.74, 6) is -2.36. The molecular weight excluding hydrogens is 644 g/mol. The summed E-state index contributed by atoms with van der Waals surface area (Å²) < 4.78 is 40.6. The molecular formula is C35H56O14. The van der Waals surface area contributed by atoms with E-state index in [1.807, 2.05) is 0 Å². The van der Waals surface area contributed by atoms with Crippen LogP contribution in [0, 0.1) is 0 Å². The number of ketones is 1. The molecule has 3 rings (SSSR count). The van der Waals surface area contributed by atoms with Gasteiger partial charge in [0.2, 0.25) is 6.29 Å². The highest BCUT2D eigenvalue weighted by Gasteiger charge is 2.53. The van der Waals surface area contributed by atoms with Crippen LogP contribution in [0.15, 0.2) is 11.6 Å².